The van der Waals surface area contributed by atoms with E-state index >= 15 is 0 Å². The maximum Gasteiger partial charge on any atom is 0.244 e. The van der Waals surface area contributed by atoms with Gasteiger partial charge in [0.25, 0.3) is 0 Å². The summed E-state index contributed by atoms with van der Waals surface area (Å²) >= 11 is 0. The van der Waals surface area contributed by atoms with Crippen molar-refractivity contribution in [3.05, 3.63) is 0 Å². The summed E-state index contributed by atoms with van der Waals surface area (Å²) in [5, 5.41) is 2.68. The third kappa shape index (κ3) is 5.68. The number of rotatable bonds is 7. The zero-order valence-corrected chi connectivity index (χ0v) is 11.3. The number of nitrogens with two attached hydrogens (primary N) is 1. The van der Waals surface area contributed by atoms with E-state index in [1.54, 1.807) is 11.8 Å². The van der Waals surface area contributed by atoms with E-state index in [1.165, 1.54) is 0 Å². The Morgan fingerprint density at radius 2 is 1.76 bits per heavy atom. The molecule has 2 unspecified atom stereocenters. The first kappa shape index (κ1) is 15.9. The fraction of sp³-hybridized carbons (Fsp3) is 0.833. The summed E-state index contributed by atoms with van der Waals surface area (Å²) in [6.45, 7) is 8.79. The molecule has 0 rings (SSSR count). The average Bonchev–Trinajstić information content (AvgIpc) is 2.29. The van der Waals surface area contributed by atoms with Crippen LogP contribution in [0.4, 0.5) is 0 Å². The molecule has 5 heteroatoms. The first-order valence-electron chi connectivity index (χ1n) is 6.29. The first-order chi connectivity index (χ1) is 7.96. The Balaban J connectivity index is 4.20. The molecule has 0 heterocycles. The molecule has 0 spiro atoms. The van der Waals surface area contributed by atoms with Gasteiger partial charge < -0.3 is 16.0 Å². The lowest BCUT2D eigenvalue weighted by atomic mass is 10.1. The average molecular weight is 243 g/mol. The Labute approximate surface area is 104 Å². The molecular formula is C12H25N3O2. The van der Waals surface area contributed by atoms with Crippen LogP contribution in [0.5, 0.6) is 0 Å². The van der Waals surface area contributed by atoms with Crippen LogP contribution in [0.1, 0.15) is 40.5 Å². The smallest absolute Gasteiger partial charge is 0.244 e. The van der Waals surface area contributed by atoms with Gasteiger partial charge in [0.05, 0.1) is 0 Å². The molecule has 0 fully saturated rings. The molecule has 17 heavy (non-hydrogen) atoms. The number of nitrogens with one attached hydrogen (secondary N) is 1. The molecule has 3 N–H and O–H groups in total. The largest absolute Gasteiger partial charge is 0.345 e. The molecule has 5 nitrogen and oxygen atoms in total. The third-order valence-electron chi connectivity index (χ3n) is 2.79. The number of likely N-dealkylation sites (N-methyl/N-ethyl adjacent to an activating group) is 1. The molecular weight excluding hydrogens is 218 g/mol. The highest BCUT2D eigenvalue weighted by molar-refractivity contribution is 5.87. The Bertz CT molecular complexity index is 252. The number of carbonyl (C=O) groups excluding carboxylic acids is 2. The maximum atomic E-state index is 11.9. The highest BCUT2D eigenvalue weighted by Gasteiger charge is 2.20. The van der Waals surface area contributed by atoms with E-state index in [-0.39, 0.29) is 24.3 Å². The van der Waals surface area contributed by atoms with Crippen LogP contribution < -0.4 is 11.1 Å². The van der Waals surface area contributed by atoms with Crippen molar-refractivity contribution in [1.82, 2.24) is 10.2 Å². The van der Waals surface area contributed by atoms with Crippen LogP contribution in [0.3, 0.4) is 0 Å². The van der Waals surface area contributed by atoms with E-state index in [2.05, 4.69) is 5.32 Å². The highest BCUT2D eigenvalue weighted by Crippen LogP contribution is 1.98. The van der Waals surface area contributed by atoms with E-state index in [0.717, 1.165) is 6.42 Å². The minimum atomic E-state index is -0.480. The predicted molar refractivity (Wildman–Crippen MR) is 68.4 cm³/mol. The van der Waals surface area contributed by atoms with Crippen LogP contribution in [0, 0.1) is 0 Å². The van der Waals surface area contributed by atoms with Crippen LogP contribution in [-0.2, 0) is 9.59 Å². The van der Waals surface area contributed by atoms with Crippen molar-refractivity contribution < 1.29 is 9.59 Å². The molecule has 2 atom stereocenters. The van der Waals surface area contributed by atoms with Crippen molar-refractivity contribution in [3.8, 4) is 0 Å². The van der Waals surface area contributed by atoms with Crippen molar-refractivity contribution in [3.63, 3.8) is 0 Å². The van der Waals surface area contributed by atoms with Crippen molar-refractivity contribution in [1.29, 1.82) is 0 Å². The van der Waals surface area contributed by atoms with Crippen LogP contribution in [0.25, 0.3) is 0 Å². The van der Waals surface area contributed by atoms with Gasteiger partial charge in [0, 0.05) is 25.6 Å². The third-order valence-corrected chi connectivity index (χ3v) is 2.79. The van der Waals surface area contributed by atoms with Crippen LogP contribution in [-0.4, -0.2) is 41.9 Å². The fourth-order valence-corrected chi connectivity index (χ4v) is 1.55. The van der Waals surface area contributed by atoms with E-state index in [4.69, 9.17) is 5.73 Å². The predicted octanol–water partition coefficient (Wildman–Crippen LogP) is 0.487. The Hall–Kier alpha value is -1.10. The summed E-state index contributed by atoms with van der Waals surface area (Å²) < 4.78 is 0. The summed E-state index contributed by atoms with van der Waals surface area (Å²) in [5.74, 6) is -0.208. The van der Waals surface area contributed by atoms with Gasteiger partial charge in [0.2, 0.25) is 11.8 Å². The Morgan fingerprint density at radius 1 is 1.24 bits per heavy atom. The number of hydrogen-bond donors (Lipinski definition) is 2. The maximum absolute atomic E-state index is 11.9. The molecule has 100 valence electrons. The number of amides is 2. The van der Waals surface area contributed by atoms with Crippen molar-refractivity contribution in [2.75, 3.05) is 13.1 Å². The number of carbonyl (C=O) groups is 2. The zero-order valence-electron chi connectivity index (χ0n) is 11.3. The minimum Gasteiger partial charge on any atom is -0.345 e. The van der Waals surface area contributed by atoms with Gasteiger partial charge in [-0.05, 0) is 27.2 Å². The molecule has 0 bridgehead atoms. The van der Waals surface area contributed by atoms with Crippen LogP contribution >= 0.6 is 0 Å². The fourth-order valence-electron chi connectivity index (χ4n) is 1.55. The second-order valence-electron chi connectivity index (χ2n) is 4.17. The van der Waals surface area contributed by atoms with E-state index in [0.29, 0.717) is 13.1 Å². The summed E-state index contributed by atoms with van der Waals surface area (Å²) in [6.07, 6.45) is 1.03. The van der Waals surface area contributed by atoms with Gasteiger partial charge in [-0.15, -0.1) is 0 Å². The molecule has 0 aliphatic rings. The lowest BCUT2D eigenvalue weighted by molar-refractivity contribution is -0.135. The van der Waals surface area contributed by atoms with E-state index < -0.39 is 6.04 Å². The molecule has 0 saturated heterocycles. The van der Waals surface area contributed by atoms with Gasteiger partial charge in [0.15, 0.2) is 0 Å². The Morgan fingerprint density at radius 3 is 2.18 bits per heavy atom. The number of nitrogens with zero attached hydrogens (tertiary/aromatic N) is 1. The molecule has 0 aromatic carbocycles. The topological polar surface area (TPSA) is 75.4 Å². The lowest BCUT2D eigenvalue weighted by Gasteiger charge is -2.23. The van der Waals surface area contributed by atoms with Crippen molar-refractivity contribution in [2.24, 2.45) is 5.73 Å². The molecule has 0 aliphatic heterocycles. The normalized spacial score (nSPS) is 13.9. The van der Waals surface area contributed by atoms with Gasteiger partial charge in [-0.1, -0.05) is 6.92 Å². The van der Waals surface area contributed by atoms with Crippen LogP contribution in [0.2, 0.25) is 0 Å². The lowest BCUT2D eigenvalue weighted by Crippen LogP contribution is -2.47. The van der Waals surface area contributed by atoms with Gasteiger partial charge in [-0.25, -0.2) is 0 Å². The molecule has 2 amide bonds. The van der Waals surface area contributed by atoms with Gasteiger partial charge in [0.1, 0.15) is 6.04 Å². The SMILES string of the molecule is CCC(N)CC(=O)NC(C)C(=O)N(CC)CC. The summed E-state index contributed by atoms with van der Waals surface area (Å²) in [6, 6.07) is -0.614. The Kier molecular flexibility index (Phi) is 7.54. The zero-order chi connectivity index (χ0) is 13.4. The summed E-state index contributed by atoms with van der Waals surface area (Å²) in [7, 11) is 0. The standard InChI is InChI=1S/C12H25N3O2/c1-5-10(13)8-11(16)14-9(4)12(17)15(6-2)7-3/h9-10H,5-8,13H2,1-4H3,(H,14,16). The van der Waals surface area contributed by atoms with Crippen molar-refractivity contribution in [2.45, 2.75) is 52.6 Å². The summed E-state index contributed by atoms with van der Waals surface area (Å²) in [5.41, 5.74) is 5.68. The van der Waals surface area contributed by atoms with Crippen LogP contribution in [0.15, 0.2) is 0 Å². The second-order valence-corrected chi connectivity index (χ2v) is 4.17. The highest BCUT2D eigenvalue weighted by atomic mass is 16.2. The van der Waals surface area contributed by atoms with Gasteiger partial charge in [-0.2, -0.15) is 0 Å². The van der Waals surface area contributed by atoms with Gasteiger partial charge >= 0.3 is 0 Å². The molecule has 0 radical (unpaired) electrons. The second kappa shape index (κ2) is 8.06. The molecule has 0 aliphatic carbocycles. The van der Waals surface area contributed by atoms with Gasteiger partial charge in [-0.3, -0.25) is 9.59 Å². The van der Waals surface area contributed by atoms with E-state index in [9.17, 15) is 9.59 Å². The monoisotopic (exact) mass is 243 g/mol. The van der Waals surface area contributed by atoms with Crippen molar-refractivity contribution >= 4 is 11.8 Å². The number of hydrogen-bond acceptors (Lipinski definition) is 3. The minimum absolute atomic E-state index is 0.0478. The quantitative estimate of drug-likeness (QED) is 0.683. The summed E-state index contributed by atoms with van der Waals surface area (Å²) in [4.78, 5) is 25.1. The molecule has 0 aromatic heterocycles. The van der Waals surface area contributed by atoms with E-state index in [1.807, 2.05) is 20.8 Å². The molecule has 0 saturated carbocycles. The molecule has 0 aromatic rings. The first-order valence-corrected chi connectivity index (χ1v) is 6.29.